The molecule has 0 radical (unpaired) electrons. The predicted octanol–water partition coefficient (Wildman–Crippen LogP) is 2.27. The van der Waals surface area contributed by atoms with Gasteiger partial charge in [-0.05, 0) is 37.6 Å². The predicted molar refractivity (Wildman–Crippen MR) is 88.1 cm³/mol. The van der Waals surface area contributed by atoms with E-state index in [0.29, 0.717) is 5.56 Å². The van der Waals surface area contributed by atoms with Crippen molar-refractivity contribution in [2.45, 2.75) is 32.4 Å². The fourth-order valence-corrected chi connectivity index (χ4v) is 2.21. The van der Waals surface area contributed by atoms with E-state index in [1.165, 1.54) is 0 Å². The normalized spacial score (nSPS) is 12.7. The van der Waals surface area contributed by atoms with Gasteiger partial charge in [-0.25, -0.2) is 4.79 Å². The Balaban J connectivity index is 2.20. The summed E-state index contributed by atoms with van der Waals surface area (Å²) < 4.78 is 5.20. The van der Waals surface area contributed by atoms with E-state index in [1.54, 1.807) is 32.9 Å². The fraction of sp³-hybridized carbons (Fsp3) is 0.333. The van der Waals surface area contributed by atoms with Crippen LogP contribution in [0.15, 0.2) is 42.5 Å². The van der Waals surface area contributed by atoms with Gasteiger partial charge in [0, 0.05) is 5.56 Å². The summed E-state index contributed by atoms with van der Waals surface area (Å²) >= 11 is 0. The zero-order chi connectivity index (χ0) is 17.0. The lowest BCUT2D eigenvalue weighted by Crippen LogP contribution is -2.46. The number of hydrogen-bond donors (Lipinski definition) is 2. The maximum Gasteiger partial charge on any atom is 0.331 e. The van der Waals surface area contributed by atoms with Crippen LogP contribution in [-0.2, 0) is 9.53 Å². The number of benzene rings is 2. The Morgan fingerprint density at radius 2 is 1.78 bits per heavy atom. The lowest BCUT2D eigenvalue weighted by Gasteiger charge is -2.23. The van der Waals surface area contributed by atoms with E-state index >= 15 is 0 Å². The Kier molecular flexibility index (Phi) is 5.01. The summed E-state index contributed by atoms with van der Waals surface area (Å²) in [5.74, 6) is -1.08. The first-order valence-electron chi connectivity index (χ1n) is 7.44. The van der Waals surface area contributed by atoms with Gasteiger partial charge in [-0.3, -0.25) is 4.79 Å². The summed E-state index contributed by atoms with van der Waals surface area (Å²) in [5.41, 5.74) is -0.237. The van der Waals surface area contributed by atoms with Gasteiger partial charge in [-0.1, -0.05) is 36.4 Å². The number of nitrogens with one attached hydrogen (secondary N) is 1. The third-order valence-corrected chi connectivity index (χ3v) is 3.21. The molecule has 0 aromatic heterocycles. The van der Waals surface area contributed by atoms with Crippen molar-refractivity contribution in [3.63, 3.8) is 0 Å². The van der Waals surface area contributed by atoms with Crippen molar-refractivity contribution in [1.82, 2.24) is 5.32 Å². The molecule has 2 aromatic rings. The van der Waals surface area contributed by atoms with E-state index in [2.05, 4.69) is 5.32 Å². The van der Waals surface area contributed by atoms with Gasteiger partial charge in [0.1, 0.15) is 5.60 Å². The summed E-state index contributed by atoms with van der Waals surface area (Å²) in [6, 6.07) is 11.7. The van der Waals surface area contributed by atoms with E-state index in [1.807, 2.05) is 30.3 Å². The molecule has 23 heavy (non-hydrogen) atoms. The van der Waals surface area contributed by atoms with Gasteiger partial charge in [0.2, 0.25) is 0 Å². The van der Waals surface area contributed by atoms with Crippen molar-refractivity contribution in [1.29, 1.82) is 0 Å². The maximum atomic E-state index is 12.5. The quantitative estimate of drug-likeness (QED) is 0.849. The third kappa shape index (κ3) is 4.29. The van der Waals surface area contributed by atoms with Gasteiger partial charge in [-0.15, -0.1) is 0 Å². The second-order valence-corrected chi connectivity index (χ2v) is 6.27. The monoisotopic (exact) mass is 315 g/mol. The van der Waals surface area contributed by atoms with Crippen LogP contribution in [0.3, 0.4) is 0 Å². The molecule has 0 aliphatic heterocycles. The summed E-state index contributed by atoms with van der Waals surface area (Å²) in [6.45, 7) is 4.66. The van der Waals surface area contributed by atoms with Crippen LogP contribution in [0.25, 0.3) is 10.8 Å². The van der Waals surface area contributed by atoms with E-state index in [0.717, 1.165) is 10.8 Å². The molecule has 0 heterocycles. The van der Waals surface area contributed by atoms with Crippen molar-refractivity contribution >= 4 is 22.6 Å². The lowest BCUT2D eigenvalue weighted by atomic mass is 10.0. The van der Waals surface area contributed by atoms with Gasteiger partial charge in [-0.2, -0.15) is 0 Å². The van der Waals surface area contributed by atoms with Crippen LogP contribution < -0.4 is 5.32 Å². The number of ether oxygens (including phenoxy) is 1. The molecular weight excluding hydrogens is 294 g/mol. The van der Waals surface area contributed by atoms with Crippen LogP contribution in [0.2, 0.25) is 0 Å². The highest BCUT2D eigenvalue weighted by Crippen LogP contribution is 2.18. The molecule has 0 saturated carbocycles. The average Bonchev–Trinajstić information content (AvgIpc) is 2.50. The Hall–Kier alpha value is -2.40. The van der Waals surface area contributed by atoms with Crippen LogP contribution in [0.5, 0.6) is 0 Å². The lowest BCUT2D eigenvalue weighted by molar-refractivity contribution is -0.158. The van der Waals surface area contributed by atoms with Crippen molar-refractivity contribution in [3.05, 3.63) is 48.0 Å². The molecule has 2 aromatic carbocycles. The van der Waals surface area contributed by atoms with Crippen molar-refractivity contribution in [2.24, 2.45) is 0 Å². The topological polar surface area (TPSA) is 75.6 Å². The minimum Gasteiger partial charge on any atom is -0.458 e. The number of rotatable bonds is 4. The summed E-state index contributed by atoms with van der Waals surface area (Å²) in [6.07, 6.45) is 0. The number of carbonyl (C=O) groups excluding carboxylic acids is 2. The van der Waals surface area contributed by atoms with Crippen LogP contribution in [0.1, 0.15) is 31.1 Å². The van der Waals surface area contributed by atoms with E-state index in [-0.39, 0.29) is 0 Å². The van der Waals surface area contributed by atoms with E-state index in [9.17, 15) is 14.7 Å². The highest BCUT2D eigenvalue weighted by Gasteiger charge is 2.26. The second-order valence-electron chi connectivity index (χ2n) is 6.27. The summed E-state index contributed by atoms with van der Waals surface area (Å²) in [7, 11) is 0. The third-order valence-electron chi connectivity index (χ3n) is 3.21. The molecule has 122 valence electrons. The zero-order valence-corrected chi connectivity index (χ0v) is 13.5. The number of esters is 1. The Labute approximate surface area is 135 Å². The zero-order valence-electron chi connectivity index (χ0n) is 13.5. The molecule has 2 N–H and O–H groups in total. The summed E-state index contributed by atoms with van der Waals surface area (Å²) in [4.78, 5) is 24.5. The molecular formula is C18H21NO4. The van der Waals surface area contributed by atoms with Crippen LogP contribution in [0.4, 0.5) is 0 Å². The standard InChI is InChI=1S/C18H21NO4/c1-18(2,3)23-17(22)15(11-20)19-16(21)14-10-6-8-12-7-4-5-9-13(12)14/h4-10,15,20H,11H2,1-3H3,(H,19,21)/t15-/m0/s1. The van der Waals surface area contributed by atoms with Gasteiger partial charge in [0.05, 0.1) is 6.61 Å². The number of amides is 1. The van der Waals surface area contributed by atoms with Crippen LogP contribution in [-0.4, -0.2) is 35.2 Å². The van der Waals surface area contributed by atoms with Crippen molar-refractivity contribution in [2.75, 3.05) is 6.61 Å². The average molecular weight is 315 g/mol. The van der Waals surface area contributed by atoms with Crippen molar-refractivity contribution < 1.29 is 19.4 Å². The van der Waals surface area contributed by atoms with E-state index in [4.69, 9.17) is 4.74 Å². The Morgan fingerprint density at radius 1 is 1.13 bits per heavy atom. The van der Waals surface area contributed by atoms with Gasteiger partial charge < -0.3 is 15.2 Å². The smallest absolute Gasteiger partial charge is 0.331 e. The molecule has 0 bridgehead atoms. The molecule has 1 atom stereocenters. The van der Waals surface area contributed by atoms with Crippen molar-refractivity contribution in [3.8, 4) is 0 Å². The fourth-order valence-electron chi connectivity index (χ4n) is 2.21. The van der Waals surface area contributed by atoms with Gasteiger partial charge >= 0.3 is 5.97 Å². The first-order chi connectivity index (χ1) is 10.8. The first-order valence-corrected chi connectivity index (χ1v) is 7.44. The SMILES string of the molecule is CC(C)(C)OC(=O)[C@H](CO)NC(=O)c1cccc2ccccc12. The highest BCUT2D eigenvalue weighted by atomic mass is 16.6. The largest absolute Gasteiger partial charge is 0.458 e. The number of carbonyl (C=O) groups is 2. The van der Waals surface area contributed by atoms with Crippen LogP contribution >= 0.6 is 0 Å². The number of hydrogen-bond acceptors (Lipinski definition) is 4. The molecule has 0 fully saturated rings. The molecule has 0 unspecified atom stereocenters. The van der Waals surface area contributed by atoms with E-state index < -0.39 is 30.1 Å². The minimum absolute atomic E-state index is 0.424. The molecule has 0 aliphatic carbocycles. The molecule has 0 spiro atoms. The second kappa shape index (κ2) is 6.79. The number of aliphatic hydroxyl groups excluding tert-OH is 1. The number of fused-ring (bicyclic) bond motifs is 1. The minimum atomic E-state index is -1.10. The molecule has 5 nitrogen and oxygen atoms in total. The highest BCUT2D eigenvalue weighted by molar-refractivity contribution is 6.07. The molecule has 5 heteroatoms. The van der Waals surface area contributed by atoms with Gasteiger partial charge in [0.15, 0.2) is 6.04 Å². The molecule has 0 saturated heterocycles. The Morgan fingerprint density at radius 3 is 2.43 bits per heavy atom. The summed E-state index contributed by atoms with van der Waals surface area (Å²) in [5, 5.41) is 13.6. The molecule has 0 aliphatic rings. The van der Waals surface area contributed by atoms with Crippen LogP contribution in [0, 0.1) is 0 Å². The first kappa shape index (κ1) is 17.0. The molecule has 1 amide bonds. The number of aliphatic hydroxyl groups is 1. The maximum absolute atomic E-state index is 12.5. The van der Waals surface area contributed by atoms with Gasteiger partial charge in [0.25, 0.3) is 5.91 Å². The molecule has 2 rings (SSSR count). The Bertz CT molecular complexity index is 713.